The summed E-state index contributed by atoms with van der Waals surface area (Å²) in [6.07, 6.45) is 6.10. The van der Waals surface area contributed by atoms with Gasteiger partial charge in [0.1, 0.15) is 4.83 Å². The van der Waals surface area contributed by atoms with E-state index in [1.807, 2.05) is 18.2 Å². The highest BCUT2D eigenvalue weighted by Gasteiger charge is 2.22. The minimum atomic E-state index is 0.0255. The number of ether oxygens (including phenoxy) is 2. The zero-order chi connectivity index (χ0) is 19.1. The number of aromatic nitrogens is 2. The molecule has 0 spiro atoms. The lowest BCUT2D eigenvalue weighted by Gasteiger charge is -2.14. The third kappa shape index (κ3) is 2.86. The predicted octanol–water partition coefficient (Wildman–Crippen LogP) is 3.86. The van der Waals surface area contributed by atoms with Gasteiger partial charge in [-0.05, 0) is 48.9 Å². The van der Waals surface area contributed by atoms with Crippen molar-refractivity contribution in [3.8, 4) is 11.5 Å². The minimum absolute atomic E-state index is 0.0255. The lowest BCUT2D eigenvalue weighted by atomic mass is 9.97. The van der Waals surface area contributed by atoms with Gasteiger partial charge in [0.25, 0.3) is 5.56 Å². The highest BCUT2D eigenvalue weighted by molar-refractivity contribution is 7.18. The summed E-state index contributed by atoms with van der Waals surface area (Å²) in [6.45, 7) is 5.03. The van der Waals surface area contributed by atoms with E-state index in [2.05, 4.69) is 11.9 Å². The minimum Gasteiger partial charge on any atom is -0.454 e. The van der Waals surface area contributed by atoms with Crippen LogP contribution in [0.4, 0.5) is 5.95 Å². The van der Waals surface area contributed by atoms with Crippen LogP contribution in [0.15, 0.2) is 35.6 Å². The smallest absolute Gasteiger partial charge is 0.264 e. The van der Waals surface area contributed by atoms with Crippen LogP contribution >= 0.6 is 11.3 Å². The van der Waals surface area contributed by atoms with Gasteiger partial charge < -0.3 is 14.8 Å². The summed E-state index contributed by atoms with van der Waals surface area (Å²) in [7, 11) is 0. The second-order valence-electron chi connectivity index (χ2n) is 7.07. The lowest BCUT2D eigenvalue weighted by Crippen LogP contribution is -2.25. The Labute approximate surface area is 166 Å². The van der Waals surface area contributed by atoms with Gasteiger partial charge in [0.15, 0.2) is 11.5 Å². The van der Waals surface area contributed by atoms with Crippen LogP contribution in [0.25, 0.3) is 10.2 Å². The molecule has 3 heterocycles. The summed E-state index contributed by atoms with van der Waals surface area (Å²) in [5, 5.41) is 4.13. The van der Waals surface area contributed by atoms with E-state index in [4.69, 9.17) is 14.5 Å². The van der Waals surface area contributed by atoms with Crippen molar-refractivity contribution in [1.82, 2.24) is 9.55 Å². The van der Waals surface area contributed by atoms with Gasteiger partial charge in [-0.1, -0.05) is 12.1 Å². The van der Waals surface area contributed by atoms with Crippen LogP contribution in [0.2, 0.25) is 0 Å². The average molecular weight is 395 g/mol. The number of aryl methyl sites for hydroxylation is 2. The Morgan fingerprint density at radius 1 is 1.25 bits per heavy atom. The molecule has 1 aliphatic heterocycles. The standard InChI is InChI=1S/C21H21N3O3S/c1-2-9-24-20(25)18-14-5-3-4-6-17(14)28-19(18)23-21(24)22-11-13-7-8-15-16(10-13)27-12-26-15/h2,7-8,10H,1,3-6,9,11-12H2,(H,22,23). The van der Waals surface area contributed by atoms with Gasteiger partial charge in [0.2, 0.25) is 12.7 Å². The molecule has 5 rings (SSSR count). The second-order valence-corrected chi connectivity index (χ2v) is 8.16. The third-order valence-electron chi connectivity index (χ3n) is 5.27. The number of allylic oxidation sites excluding steroid dienone is 1. The summed E-state index contributed by atoms with van der Waals surface area (Å²) >= 11 is 1.67. The maximum atomic E-state index is 13.2. The fraction of sp³-hybridized carbons (Fsp3) is 0.333. The maximum absolute atomic E-state index is 13.2. The number of benzene rings is 1. The van der Waals surface area contributed by atoms with Crippen molar-refractivity contribution >= 4 is 27.5 Å². The van der Waals surface area contributed by atoms with Gasteiger partial charge in [-0.2, -0.15) is 0 Å². The molecule has 2 aromatic heterocycles. The van der Waals surface area contributed by atoms with Crippen molar-refractivity contribution < 1.29 is 9.47 Å². The molecule has 1 N–H and O–H groups in total. The van der Waals surface area contributed by atoms with Crippen LogP contribution in [0.5, 0.6) is 11.5 Å². The van der Waals surface area contributed by atoms with Gasteiger partial charge in [0, 0.05) is 18.0 Å². The molecule has 2 aliphatic rings. The molecule has 0 saturated carbocycles. The van der Waals surface area contributed by atoms with E-state index in [9.17, 15) is 4.79 Å². The molecular formula is C21H21N3O3S. The molecule has 3 aromatic rings. The van der Waals surface area contributed by atoms with Crippen molar-refractivity contribution in [3.63, 3.8) is 0 Å². The topological polar surface area (TPSA) is 65.4 Å². The normalized spacial score (nSPS) is 14.9. The highest BCUT2D eigenvalue weighted by Crippen LogP contribution is 2.35. The average Bonchev–Trinajstić information content (AvgIpc) is 3.32. The van der Waals surface area contributed by atoms with E-state index < -0.39 is 0 Å². The SMILES string of the molecule is C=CCn1c(NCc2ccc3c(c2)OCO3)nc2sc3c(c2c1=O)CCCC3. The zero-order valence-electron chi connectivity index (χ0n) is 15.5. The molecule has 0 saturated heterocycles. The Hall–Kier alpha value is -2.80. The molecular weight excluding hydrogens is 374 g/mol. The summed E-state index contributed by atoms with van der Waals surface area (Å²) in [5.74, 6) is 2.09. The van der Waals surface area contributed by atoms with E-state index >= 15 is 0 Å². The Morgan fingerprint density at radius 2 is 2.11 bits per heavy atom. The molecule has 1 aliphatic carbocycles. The second kappa shape index (κ2) is 6.98. The Balaban J connectivity index is 1.52. The van der Waals surface area contributed by atoms with Crippen molar-refractivity contribution in [2.45, 2.75) is 38.8 Å². The molecule has 1 aromatic carbocycles. The monoisotopic (exact) mass is 395 g/mol. The first kappa shape index (κ1) is 17.3. The van der Waals surface area contributed by atoms with Crippen molar-refractivity contribution in [1.29, 1.82) is 0 Å². The van der Waals surface area contributed by atoms with Gasteiger partial charge in [-0.3, -0.25) is 9.36 Å². The summed E-state index contributed by atoms with van der Waals surface area (Å²) in [5.41, 5.74) is 2.27. The fourth-order valence-electron chi connectivity index (χ4n) is 3.90. The van der Waals surface area contributed by atoms with Crippen LogP contribution in [0.1, 0.15) is 28.8 Å². The maximum Gasteiger partial charge on any atom is 0.264 e. The highest BCUT2D eigenvalue weighted by atomic mass is 32.1. The number of rotatable bonds is 5. The van der Waals surface area contributed by atoms with Crippen molar-refractivity contribution in [2.75, 3.05) is 12.1 Å². The number of anilines is 1. The van der Waals surface area contributed by atoms with E-state index in [0.717, 1.165) is 46.5 Å². The molecule has 144 valence electrons. The zero-order valence-corrected chi connectivity index (χ0v) is 16.3. The first-order valence-corrected chi connectivity index (χ1v) is 10.3. The quantitative estimate of drug-likeness (QED) is 0.665. The molecule has 0 fully saturated rings. The Morgan fingerprint density at radius 3 is 3.00 bits per heavy atom. The van der Waals surface area contributed by atoms with Crippen LogP contribution in [-0.2, 0) is 25.9 Å². The van der Waals surface area contributed by atoms with Crippen LogP contribution < -0.4 is 20.3 Å². The molecule has 0 atom stereocenters. The van der Waals surface area contributed by atoms with E-state index in [1.54, 1.807) is 22.0 Å². The first-order valence-electron chi connectivity index (χ1n) is 9.53. The van der Waals surface area contributed by atoms with Gasteiger partial charge >= 0.3 is 0 Å². The van der Waals surface area contributed by atoms with Gasteiger partial charge in [0.05, 0.1) is 5.39 Å². The molecule has 28 heavy (non-hydrogen) atoms. The van der Waals surface area contributed by atoms with Gasteiger partial charge in [-0.15, -0.1) is 17.9 Å². The van der Waals surface area contributed by atoms with Crippen LogP contribution in [0, 0.1) is 0 Å². The number of thiophene rings is 1. The number of fused-ring (bicyclic) bond motifs is 4. The summed E-state index contributed by atoms with van der Waals surface area (Å²) in [6, 6.07) is 5.84. The largest absolute Gasteiger partial charge is 0.454 e. The van der Waals surface area contributed by atoms with Gasteiger partial charge in [-0.25, -0.2) is 4.98 Å². The molecule has 0 radical (unpaired) electrons. The van der Waals surface area contributed by atoms with Crippen LogP contribution in [-0.4, -0.2) is 16.3 Å². The summed E-state index contributed by atoms with van der Waals surface area (Å²) < 4.78 is 12.5. The van der Waals surface area contributed by atoms with Crippen LogP contribution in [0.3, 0.4) is 0 Å². The Bertz CT molecular complexity index is 1130. The number of hydrogen-bond donors (Lipinski definition) is 1. The number of nitrogens with one attached hydrogen (secondary N) is 1. The van der Waals surface area contributed by atoms with E-state index in [-0.39, 0.29) is 12.4 Å². The Kier molecular flexibility index (Phi) is 4.31. The fourth-order valence-corrected chi connectivity index (χ4v) is 5.16. The molecule has 0 amide bonds. The summed E-state index contributed by atoms with van der Waals surface area (Å²) in [4.78, 5) is 20.2. The van der Waals surface area contributed by atoms with Crippen molar-refractivity contribution in [3.05, 3.63) is 57.2 Å². The molecule has 6 nitrogen and oxygen atoms in total. The number of hydrogen-bond acceptors (Lipinski definition) is 6. The van der Waals surface area contributed by atoms with Crippen molar-refractivity contribution in [2.24, 2.45) is 0 Å². The third-order valence-corrected chi connectivity index (χ3v) is 6.46. The lowest BCUT2D eigenvalue weighted by molar-refractivity contribution is 0.174. The van der Waals surface area contributed by atoms with E-state index in [0.29, 0.717) is 19.0 Å². The first-order chi connectivity index (χ1) is 13.7. The number of nitrogens with zero attached hydrogens (tertiary/aromatic N) is 2. The predicted molar refractivity (Wildman–Crippen MR) is 111 cm³/mol. The van der Waals surface area contributed by atoms with E-state index in [1.165, 1.54) is 16.9 Å². The molecule has 0 bridgehead atoms. The molecule has 0 unspecified atom stereocenters. The molecule has 7 heteroatoms.